The number of carbonyl (C=O) groups is 2. The zero-order valence-electron chi connectivity index (χ0n) is 11.8. The number of likely N-dealkylation sites (tertiary alicyclic amines) is 1. The van der Waals surface area contributed by atoms with Crippen molar-refractivity contribution in [3.8, 4) is 0 Å². The van der Waals surface area contributed by atoms with Crippen LogP contribution in [0.1, 0.15) is 13.3 Å². The van der Waals surface area contributed by atoms with Crippen LogP contribution in [-0.4, -0.2) is 63.8 Å². The van der Waals surface area contributed by atoms with Gasteiger partial charge >= 0.3 is 12.1 Å². The molecule has 19 heavy (non-hydrogen) atoms. The van der Waals surface area contributed by atoms with E-state index in [1.54, 1.807) is 6.92 Å². The van der Waals surface area contributed by atoms with Crippen LogP contribution in [0, 0.1) is 5.92 Å². The molecule has 0 aromatic carbocycles. The van der Waals surface area contributed by atoms with Crippen LogP contribution in [0.2, 0.25) is 0 Å². The van der Waals surface area contributed by atoms with E-state index < -0.39 is 17.8 Å². The molecule has 1 saturated heterocycles. The van der Waals surface area contributed by atoms with E-state index in [9.17, 15) is 9.59 Å². The molecule has 0 N–H and O–H groups in total. The average Bonchev–Trinajstić information content (AvgIpc) is 2.45. The average molecular weight is 275 g/mol. The molecule has 0 aromatic heterocycles. The van der Waals surface area contributed by atoms with Crippen molar-refractivity contribution in [3.05, 3.63) is 0 Å². The van der Waals surface area contributed by atoms with Crippen molar-refractivity contribution in [2.45, 2.75) is 19.1 Å². The van der Waals surface area contributed by atoms with E-state index in [0.717, 1.165) is 0 Å². The first kappa shape index (κ1) is 15.7. The van der Waals surface area contributed by atoms with Crippen LogP contribution in [0.4, 0.5) is 4.79 Å². The van der Waals surface area contributed by atoms with Crippen molar-refractivity contribution in [2.24, 2.45) is 5.92 Å². The number of piperidine rings is 1. The summed E-state index contributed by atoms with van der Waals surface area (Å²) in [5.74, 6) is -2.14. The van der Waals surface area contributed by atoms with Crippen LogP contribution in [0.15, 0.2) is 0 Å². The Hall–Kier alpha value is -1.34. The monoisotopic (exact) mass is 275 g/mol. The molecule has 1 fully saturated rings. The van der Waals surface area contributed by atoms with Gasteiger partial charge in [0.2, 0.25) is 0 Å². The molecule has 110 valence electrons. The molecule has 0 spiro atoms. The Morgan fingerprint density at radius 1 is 1.26 bits per heavy atom. The van der Waals surface area contributed by atoms with E-state index in [4.69, 9.17) is 14.2 Å². The minimum atomic E-state index is -1.20. The van der Waals surface area contributed by atoms with Gasteiger partial charge in [-0.2, -0.15) is 0 Å². The number of methoxy groups -OCH3 is 3. The smallest absolute Gasteiger partial charge is 0.409 e. The zero-order chi connectivity index (χ0) is 14.5. The minimum absolute atomic E-state index is 0.121. The predicted octanol–water partition coefficient (Wildman–Crippen LogP) is 0.627. The summed E-state index contributed by atoms with van der Waals surface area (Å²) in [5.41, 5.74) is 0. The summed E-state index contributed by atoms with van der Waals surface area (Å²) in [5, 5.41) is 0. The number of esters is 1. The van der Waals surface area contributed by atoms with Gasteiger partial charge in [-0.1, -0.05) is 0 Å². The first-order chi connectivity index (χ1) is 9.04. The molecule has 1 heterocycles. The minimum Gasteiger partial charge on any atom is -0.466 e. The normalized spacial score (nSPS) is 21.9. The molecule has 1 unspecified atom stereocenters. The zero-order valence-corrected chi connectivity index (χ0v) is 11.8. The summed E-state index contributed by atoms with van der Waals surface area (Å²) in [6.07, 6.45) is -0.0731. The third-order valence-corrected chi connectivity index (χ3v) is 3.32. The van der Waals surface area contributed by atoms with Crippen LogP contribution in [0.3, 0.4) is 0 Å². The standard InChI is InChI=1S/C12H21NO6/c1-5-19-10(14)9-6-7-13(11(15)16-2)8-12(9,17-3)18-4/h9H,5-8H2,1-4H3. The summed E-state index contributed by atoms with van der Waals surface area (Å²) in [6, 6.07) is 0. The van der Waals surface area contributed by atoms with Gasteiger partial charge in [-0.05, 0) is 13.3 Å². The van der Waals surface area contributed by atoms with Crippen molar-refractivity contribution < 1.29 is 28.5 Å². The number of carbonyl (C=O) groups excluding carboxylic acids is 2. The van der Waals surface area contributed by atoms with Gasteiger partial charge in [0.1, 0.15) is 5.92 Å². The third kappa shape index (κ3) is 3.16. The second kappa shape index (κ2) is 6.72. The van der Waals surface area contributed by atoms with Crippen LogP contribution in [0.25, 0.3) is 0 Å². The third-order valence-electron chi connectivity index (χ3n) is 3.32. The highest BCUT2D eigenvalue weighted by atomic mass is 16.7. The molecule has 0 aliphatic carbocycles. The second-order valence-electron chi connectivity index (χ2n) is 4.20. The van der Waals surface area contributed by atoms with Gasteiger partial charge in [0, 0.05) is 20.8 Å². The molecule has 0 aromatic rings. The molecule has 7 heteroatoms. The molecule has 1 aliphatic heterocycles. The molecule has 7 nitrogen and oxygen atoms in total. The lowest BCUT2D eigenvalue weighted by atomic mass is 9.90. The van der Waals surface area contributed by atoms with Crippen molar-refractivity contribution >= 4 is 12.1 Å². The van der Waals surface area contributed by atoms with Gasteiger partial charge in [0.15, 0.2) is 5.79 Å². The van der Waals surface area contributed by atoms with Crippen molar-refractivity contribution in [3.63, 3.8) is 0 Å². The maximum absolute atomic E-state index is 12.0. The maximum Gasteiger partial charge on any atom is 0.409 e. The van der Waals surface area contributed by atoms with Crippen LogP contribution in [0.5, 0.6) is 0 Å². The van der Waals surface area contributed by atoms with Crippen molar-refractivity contribution in [1.82, 2.24) is 4.90 Å². The van der Waals surface area contributed by atoms with Crippen LogP contribution >= 0.6 is 0 Å². The van der Waals surface area contributed by atoms with Crippen LogP contribution in [-0.2, 0) is 23.7 Å². The largest absolute Gasteiger partial charge is 0.466 e. The van der Waals surface area contributed by atoms with Crippen molar-refractivity contribution in [1.29, 1.82) is 0 Å². The first-order valence-electron chi connectivity index (χ1n) is 6.14. The summed E-state index contributed by atoms with van der Waals surface area (Å²) in [4.78, 5) is 25.0. The number of ether oxygens (including phenoxy) is 4. The summed E-state index contributed by atoms with van der Waals surface area (Å²) in [7, 11) is 4.19. The van der Waals surface area contributed by atoms with E-state index in [-0.39, 0.29) is 12.5 Å². The Kier molecular flexibility index (Phi) is 5.56. The molecule has 1 atom stereocenters. The van der Waals surface area contributed by atoms with E-state index in [1.165, 1.54) is 26.2 Å². The Balaban J connectivity index is 2.90. The highest BCUT2D eigenvalue weighted by Crippen LogP contribution is 2.32. The maximum atomic E-state index is 12.0. The molecule has 1 rings (SSSR count). The Bertz CT molecular complexity index is 328. The quantitative estimate of drug-likeness (QED) is 0.553. The van der Waals surface area contributed by atoms with Crippen molar-refractivity contribution in [2.75, 3.05) is 41.0 Å². The predicted molar refractivity (Wildman–Crippen MR) is 65.5 cm³/mol. The Labute approximate surface area is 112 Å². The van der Waals surface area contributed by atoms with Gasteiger partial charge < -0.3 is 23.8 Å². The van der Waals surface area contributed by atoms with Gasteiger partial charge in [-0.3, -0.25) is 4.79 Å². The van der Waals surface area contributed by atoms with Gasteiger partial charge in [-0.15, -0.1) is 0 Å². The van der Waals surface area contributed by atoms with E-state index in [1.807, 2.05) is 0 Å². The lowest BCUT2D eigenvalue weighted by molar-refractivity contribution is -0.260. The number of rotatable bonds is 4. The first-order valence-corrected chi connectivity index (χ1v) is 6.14. The lowest BCUT2D eigenvalue weighted by Gasteiger charge is -2.44. The van der Waals surface area contributed by atoms with E-state index in [2.05, 4.69) is 4.74 Å². The van der Waals surface area contributed by atoms with E-state index >= 15 is 0 Å². The second-order valence-corrected chi connectivity index (χ2v) is 4.20. The fraction of sp³-hybridized carbons (Fsp3) is 0.833. The molecule has 0 bridgehead atoms. The highest BCUT2D eigenvalue weighted by Gasteiger charge is 2.50. The highest BCUT2D eigenvalue weighted by molar-refractivity contribution is 5.75. The molecule has 1 aliphatic rings. The Morgan fingerprint density at radius 2 is 1.89 bits per heavy atom. The number of hydrogen-bond acceptors (Lipinski definition) is 6. The molecule has 0 radical (unpaired) electrons. The molecular formula is C12H21NO6. The fourth-order valence-electron chi connectivity index (χ4n) is 2.28. The molecule has 0 saturated carbocycles. The number of nitrogens with zero attached hydrogens (tertiary/aromatic N) is 1. The molecular weight excluding hydrogens is 254 g/mol. The van der Waals surface area contributed by atoms with Gasteiger partial charge in [-0.25, -0.2) is 4.79 Å². The van der Waals surface area contributed by atoms with E-state index in [0.29, 0.717) is 19.6 Å². The summed E-state index contributed by atoms with van der Waals surface area (Å²) < 4.78 is 20.4. The summed E-state index contributed by atoms with van der Waals surface area (Å²) in [6.45, 7) is 2.54. The Morgan fingerprint density at radius 3 is 2.37 bits per heavy atom. The SMILES string of the molecule is CCOC(=O)C1CCN(C(=O)OC)CC1(OC)OC. The molecule has 1 amide bonds. The topological polar surface area (TPSA) is 74.3 Å². The lowest BCUT2D eigenvalue weighted by Crippen LogP contribution is -2.59. The van der Waals surface area contributed by atoms with Gasteiger partial charge in [0.25, 0.3) is 0 Å². The van der Waals surface area contributed by atoms with Gasteiger partial charge in [0.05, 0.1) is 20.3 Å². The fourth-order valence-corrected chi connectivity index (χ4v) is 2.28. The number of hydrogen-bond donors (Lipinski definition) is 0. The van der Waals surface area contributed by atoms with Crippen LogP contribution < -0.4 is 0 Å². The summed E-state index contributed by atoms with van der Waals surface area (Å²) >= 11 is 0. The number of amides is 1.